The molecule has 2 heterocycles. The molecule has 0 aliphatic carbocycles. The van der Waals surface area contributed by atoms with Gasteiger partial charge in [0.25, 0.3) is 0 Å². The van der Waals surface area contributed by atoms with Crippen LogP contribution in [0.5, 0.6) is 17.2 Å². The highest BCUT2D eigenvalue weighted by Gasteiger charge is 2.17. The van der Waals surface area contributed by atoms with Gasteiger partial charge in [-0.2, -0.15) is 0 Å². The molecule has 4 aromatic rings. The summed E-state index contributed by atoms with van der Waals surface area (Å²) in [4.78, 5) is 9.62. The van der Waals surface area contributed by atoms with Crippen molar-refractivity contribution in [2.45, 2.75) is 0 Å². The number of rotatable bonds is 6. The van der Waals surface area contributed by atoms with E-state index in [0.717, 1.165) is 27.0 Å². The summed E-state index contributed by atoms with van der Waals surface area (Å²) >= 11 is 1.50. The van der Waals surface area contributed by atoms with E-state index in [1.807, 2.05) is 5.38 Å². The lowest BCUT2D eigenvalue weighted by Gasteiger charge is -2.15. The van der Waals surface area contributed by atoms with E-state index in [2.05, 4.69) is 15.3 Å². The van der Waals surface area contributed by atoms with Gasteiger partial charge in [-0.25, -0.2) is 14.4 Å². The zero-order chi connectivity index (χ0) is 20.4. The van der Waals surface area contributed by atoms with Gasteiger partial charge in [0, 0.05) is 28.8 Å². The molecule has 2 aromatic heterocycles. The number of hydrogen-bond acceptors (Lipinski definition) is 7. The molecule has 0 bridgehead atoms. The maximum Gasteiger partial charge on any atom is 0.203 e. The summed E-state index contributed by atoms with van der Waals surface area (Å²) < 4.78 is 29.6. The van der Waals surface area contributed by atoms with Crippen LogP contribution in [0, 0.1) is 5.82 Å². The lowest BCUT2D eigenvalue weighted by Crippen LogP contribution is -1.99. The van der Waals surface area contributed by atoms with Gasteiger partial charge in [0.05, 0.1) is 26.7 Å². The van der Waals surface area contributed by atoms with Crippen molar-refractivity contribution in [2.75, 3.05) is 26.6 Å². The third kappa shape index (κ3) is 3.54. The van der Waals surface area contributed by atoms with Crippen molar-refractivity contribution < 1.29 is 18.6 Å². The molecule has 148 valence electrons. The highest BCUT2D eigenvalue weighted by molar-refractivity contribution is 7.17. The fraction of sp³-hybridized carbons (Fsp3) is 0.143. The van der Waals surface area contributed by atoms with Crippen LogP contribution in [0.4, 0.5) is 15.9 Å². The first kappa shape index (κ1) is 18.9. The van der Waals surface area contributed by atoms with Crippen LogP contribution in [0.1, 0.15) is 0 Å². The van der Waals surface area contributed by atoms with Crippen molar-refractivity contribution in [1.82, 2.24) is 9.97 Å². The minimum atomic E-state index is -0.277. The molecule has 0 aliphatic rings. The van der Waals surface area contributed by atoms with Crippen molar-refractivity contribution >= 4 is 33.1 Å². The molecular formula is C21H18FN3O3S. The summed E-state index contributed by atoms with van der Waals surface area (Å²) in [6, 6.07) is 9.97. The van der Waals surface area contributed by atoms with E-state index in [4.69, 9.17) is 14.2 Å². The van der Waals surface area contributed by atoms with Crippen LogP contribution in [-0.4, -0.2) is 31.3 Å². The Bertz CT molecular complexity index is 1140. The average molecular weight is 411 g/mol. The van der Waals surface area contributed by atoms with Crippen LogP contribution >= 0.6 is 11.3 Å². The van der Waals surface area contributed by atoms with E-state index < -0.39 is 0 Å². The molecular weight excluding hydrogens is 393 g/mol. The Morgan fingerprint density at radius 1 is 0.931 bits per heavy atom. The Morgan fingerprint density at radius 2 is 1.62 bits per heavy atom. The standard InChI is InChI=1S/C21H18FN3O3S/c1-26-16-8-14(9-17(27-2)19(16)28-3)25-20-18-15(10-29-21(18)24-11-23-20)12-4-6-13(22)7-5-12/h4-11H,1-3H3,(H,23,24,25). The number of aromatic nitrogens is 2. The number of fused-ring (bicyclic) bond motifs is 1. The molecule has 0 aliphatic heterocycles. The van der Waals surface area contributed by atoms with E-state index in [-0.39, 0.29) is 5.82 Å². The van der Waals surface area contributed by atoms with Crippen LogP contribution in [0.3, 0.4) is 0 Å². The van der Waals surface area contributed by atoms with Gasteiger partial charge < -0.3 is 19.5 Å². The van der Waals surface area contributed by atoms with Crippen molar-refractivity contribution in [2.24, 2.45) is 0 Å². The van der Waals surface area contributed by atoms with E-state index in [0.29, 0.717) is 23.1 Å². The summed E-state index contributed by atoms with van der Waals surface area (Å²) in [5, 5.41) is 6.17. The first-order valence-corrected chi connectivity index (χ1v) is 9.57. The molecule has 4 rings (SSSR count). The number of benzene rings is 2. The van der Waals surface area contributed by atoms with Gasteiger partial charge in [0.2, 0.25) is 5.75 Å². The van der Waals surface area contributed by atoms with Crippen molar-refractivity contribution in [3.8, 4) is 28.4 Å². The summed E-state index contributed by atoms with van der Waals surface area (Å²) in [5.74, 6) is 1.92. The molecule has 6 nitrogen and oxygen atoms in total. The molecule has 0 spiro atoms. The number of halogens is 1. The molecule has 0 saturated heterocycles. The molecule has 0 saturated carbocycles. The highest BCUT2D eigenvalue weighted by Crippen LogP contribution is 2.42. The van der Waals surface area contributed by atoms with Gasteiger partial charge in [-0.15, -0.1) is 11.3 Å². The fourth-order valence-electron chi connectivity index (χ4n) is 3.10. The van der Waals surface area contributed by atoms with E-state index in [1.165, 1.54) is 29.8 Å². The number of ether oxygens (including phenoxy) is 3. The van der Waals surface area contributed by atoms with Crippen LogP contribution < -0.4 is 19.5 Å². The molecule has 0 unspecified atom stereocenters. The zero-order valence-corrected chi connectivity index (χ0v) is 16.8. The van der Waals surface area contributed by atoms with Gasteiger partial charge >= 0.3 is 0 Å². The second-order valence-corrected chi connectivity index (χ2v) is 6.96. The molecule has 0 fully saturated rings. The molecule has 8 heteroatoms. The quantitative estimate of drug-likeness (QED) is 0.466. The van der Waals surface area contributed by atoms with Crippen LogP contribution in [0.2, 0.25) is 0 Å². The molecule has 1 N–H and O–H groups in total. The van der Waals surface area contributed by atoms with Crippen molar-refractivity contribution in [1.29, 1.82) is 0 Å². The fourth-order valence-corrected chi connectivity index (χ4v) is 4.02. The summed E-state index contributed by atoms with van der Waals surface area (Å²) in [5.41, 5.74) is 2.54. The van der Waals surface area contributed by atoms with E-state index >= 15 is 0 Å². The Labute approximate surface area is 170 Å². The number of nitrogens with one attached hydrogen (secondary N) is 1. The SMILES string of the molecule is COc1cc(Nc2ncnc3scc(-c4ccc(F)cc4)c23)cc(OC)c1OC. The lowest BCUT2D eigenvalue weighted by atomic mass is 10.1. The molecule has 29 heavy (non-hydrogen) atoms. The largest absolute Gasteiger partial charge is 0.493 e. The predicted molar refractivity (Wildman–Crippen MR) is 112 cm³/mol. The van der Waals surface area contributed by atoms with Crippen LogP contribution in [0.15, 0.2) is 48.1 Å². The monoisotopic (exact) mass is 411 g/mol. The predicted octanol–water partition coefficient (Wildman–Crippen LogP) is 5.27. The van der Waals surface area contributed by atoms with Crippen LogP contribution in [0.25, 0.3) is 21.3 Å². The van der Waals surface area contributed by atoms with Crippen molar-refractivity contribution in [3.05, 3.63) is 53.9 Å². The van der Waals surface area contributed by atoms with Gasteiger partial charge in [-0.1, -0.05) is 12.1 Å². The maximum absolute atomic E-state index is 13.3. The Kier molecular flexibility index (Phi) is 5.18. The molecule has 2 aromatic carbocycles. The van der Waals surface area contributed by atoms with Crippen LogP contribution in [-0.2, 0) is 0 Å². The zero-order valence-electron chi connectivity index (χ0n) is 16.0. The van der Waals surface area contributed by atoms with Gasteiger partial charge in [-0.3, -0.25) is 0 Å². The maximum atomic E-state index is 13.3. The normalized spacial score (nSPS) is 10.8. The first-order valence-electron chi connectivity index (χ1n) is 8.69. The first-order chi connectivity index (χ1) is 14.1. The summed E-state index contributed by atoms with van der Waals surface area (Å²) in [6.45, 7) is 0. The minimum Gasteiger partial charge on any atom is -0.493 e. The van der Waals surface area contributed by atoms with Crippen molar-refractivity contribution in [3.63, 3.8) is 0 Å². The highest BCUT2D eigenvalue weighted by atomic mass is 32.1. The molecule has 0 radical (unpaired) electrons. The topological polar surface area (TPSA) is 65.5 Å². The average Bonchev–Trinajstić information content (AvgIpc) is 3.18. The van der Waals surface area contributed by atoms with Gasteiger partial charge in [0.15, 0.2) is 11.5 Å². The third-order valence-electron chi connectivity index (χ3n) is 4.45. The van der Waals surface area contributed by atoms with Gasteiger partial charge in [0.1, 0.15) is 22.8 Å². The van der Waals surface area contributed by atoms with E-state index in [9.17, 15) is 4.39 Å². The Balaban J connectivity index is 1.81. The Morgan fingerprint density at radius 3 is 2.24 bits per heavy atom. The summed E-state index contributed by atoms with van der Waals surface area (Å²) in [6.07, 6.45) is 1.51. The smallest absolute Gasteiger partial charge is 0.203 e. The van der Waals surface area contributed by atoms with E-state index in [1.54, 1.807) is 45.6 Å². The molecule has 0 amide bonds. The lowest BCUT2D eigenvalue weighted by molar-refractivity contribution is 0.324. The second kappa shape index (κ2) is 7.92. The minimum absolute atomic E-state index is 0.277. The number of anilines is 2. The third-order valence-corrected chi connectivity index (χ3v) is 5.34. The number of nitrogens with zero attached hydrogens (tertiary/aromatic N) is 2. The number of thiophene rings is 1. The second-order valence-electron chi connectivity index (χ2n) is 6.10. The Hall–Kier alpha value is -3.39. The number of hydrogen-bond donors (Lipinski definition) is 1. The van der Waals surface area contributed by atoms with Gasteiger partial charge in [-0.05, 0) is 17.7 Å². The number of methoxy groups -OCH3 is 3. The summed E-state index contributed by atoms with van der Waals surface area (Å²) in [7, 11) is 4.69. The molecule has 0 atom stereocenters.